The predicted molar refractivity (Wildman–Crippen MR) is 98.3 cm³/mol. The minimum atomic E-state index is -0.543. The number of nitrogens with two attached hydrogens (primary N) is 1. The van der Waals surface area contributed by atoms with Gasteiger partial charge in [-0.25, -0.2) is 0 Å². The van der Waals surface area contributed by atoms with Crippen molar-refractivity contribution in [3.63, 3.8) is 0 Å². The van der Waals surface area contributed by atoms with Crippen LogP contribution in [0, 0.1) is 0 Å². The average Bonchev–Trinajstić information content (AvgIpc) is 3.07. The van der Waals surface area contributed by atoms with E-state index in [9.17, 15) is 9.90 Å². The first-order valence-corrected chi connectivity index (χ1v) is 9.31. The Morgan fingerprint density at radius 3 is 2.88 bits per heavy atom. The number of carbonyl (C=O) groups is 1. The summed E-state index contributed by atoms with van der Waals surface area (Å²) in [5.41, 5.74) is 6.01. The van der Waals surface area contributed by atoms with Crippen molar-refractivity contribution in [1.29, 1.82) is 0 Å². The van der Waals surface area contributed by atoms with Gasteiger partial charge in [0.15, 0.2) is 0 Å². The molecule has 144 valence electrons. The number of amides is 1. The average molecular weight is 363 g/mol. The summed E-state index contributed by atoms with van der Waals surface area (Å²) in [5, 5.41) is 10.8. The Kier molecular flexibility index (Phi) is 6.48. The lowest BCUT2D eigenvalue weighted by Crippen LogP contribution is -2.51. The van der Waals surface area contributed by atoms with Gasteiger partial charge in [0.1, 0.15) is 12.4 Å². The van der Waals surface area contributed by atoms with Crippen LogP contribution in [0.5, 0.6) is 5.75 Å². The Hall–Kier alpha value is -1.67. The van der Waals surface area contributed by atoms with Crippen molar-refractivity contribution in [2.75, 3.05) is 46.5 Å². The van der Waals surface area contributed by atoms with E-state index < -0.39 is 6.10 Å². The van der Waals surface area contributed by atoms with Gasteiger partial charge in [-0.15, -0.1) is 0 Å². The molecule has 2 aliphatic rings. The van der Waals surface area contributed by atoms with Gasteiger partial charge in [0.2, 0.25) is 0 Å². The molecule has 1 aliphatic carbocycles. The molecular formula is C19H29N3O4. The summed E-state index contributed by atoms with van der Waals surface area (Å²) in [5.74, 6) is 0.530. The maximum Gasteiger partial charge on any atom is 0.254 e. The number of nitrogens with zero attached hydrogens (tertiary/aromatic N) is 2. The molecule has 0 aromatic heterocycles. The summed E-state index contributed by atoms with van der Waals surface area (Å²) < 4.78 is 10.9. The molecule has 0 spiro atoms. The molecular weight excluding hydrogens is 334 g/mol. The summed E-state index contributed by atoms with van der Waals surface area (Å²) in [6, 6.07) is 7.03. The zero-order valence-electron chi connectivity index (χ0n) is 15.3. The molecule has 7 nitrogen and oxygen atoms in total. The van der Waals surface area contributed by atoms with E-state index in [1.54, 1.807) is 30.1 Å². The summed E-state index contributed by atoms with van der Waals surface area (Å²) in [6.45, 7) is 3.93. The molecule has 0 unspecified atom stereocenters. The van der Waals surface area contributed by atoms with Crippen LogP contribution in [-0.2, 0) is 4.74 Å². The molecule has 1 saturated carbocycles. The van der Waals surface area contributed by atoms with Gasteiger partial charge in [-0.1, -0.05) is 6.07 Å². The third-order valence-electron chi connectivity index (χ3n) is 5.35. The fraction of sp³-hybridized carbons (Fsp3) is 0.632. The highest BCUT2D eigenvalue weighted by Gasteiger charge is 2.41. The van der Waals surface area contributed by atoms with Gasteiger partial charge < -0.3 is 25.2 Å². The molecule has 1 aromatic carbocycles. The van der Waals surface area contributed by atoms with Crippen LogP contribution in [-0.4, -0.2) is 85.5 Å². The largest absolute Gasteiger partial charge is 0.492 e. The van der Waals surface area contributed by atoms with Crippen molar-refractivity contribution in [2.45, 2.75) is 31.0 Å². The molecule has 2 fully saturated rings. The number of carbonyl (C=O) groups excluding carboxylic acids is 1. The topological polar surface area (TPSA) is 88.3 Å². The highest BCUT2D eigenvalue weighted by atomic mass is 16.5. The van der Waals surface area contributed by atoms with Crippen LogP contribution >= 0.6 is 0 Å². The molecule has 1 heterocycles. The number of hydrogen-bond donors (Lipinski definition) is 2. The van der Waals surface area contributed by atoms with Gasteiger partial charge in [-0.05, 0) is 31.0 Å². The number of aliphatic hydroxyl groups excluding tert-OH is 1. The SMILES string of the molecule is CN(C(=O)c1cccc(OCCN)c1)[C@@H]1CC[C@@H](N2CCOCC2)[C@@H]1O. The van der Waals surface area contributed by atoms with Crippen molar-refractivity contribution >= 4 is 5.91 Å². The molecule has 26 heavy (non-hydrogen) atoms. The van der Waals surface area contributed by atoms with Crippen LogP contribution < -0.4 is 10.5 Å². The van der Waals surface area contributed by atoms with E-state index >= 15 is 0 Å². The van der Waals surface area contributed by atoms with Gasteiger partial charge in [0, 0.05) is 38.3 Å². The quantitative estimate of drug-likeness (QED) is 0.757. The molecule has 0 bridgehead atoms. The molecule has 1 aliphatic heterocycles. The molecule has 1 aromatic rings. The minimum Gasteiger partial charge on any atom is -0.492 e. The van der Waals surface area contributed by atoms with Gasteiger partial charge in [-0.3, -0.25) is 9.69 Å². The number of morpholine rings is 1. The first-order valence-electron chi connectivity index (χ1n) is 9.31. The zero-order valence-corrected chi connectivity index (χ0v) is 15.3. The van der Waals surface area contributed by atoms with E-state index in [1.807, 2.05) is 6.07 Å². The second-order valence-electron chi connectivity index (χ2n) is 6.93. The van der Waals surface area contributed by atoms with Gasteiger partial charge in [-0.2, -0.15) is 0 Å². The van der Waals surface area contributed by atoms with Crippen LogP contribution in [0.15, 0.2) is 24.3 Å². The van der Waals surface area contributed by atoms with Crippen molar-refractivity contribution in [2.24, 2.45) is 5.73 Å². The number of rotatable bonds is 6. The summed E-state index contributed by atoms with van der Waals surface area (Å²) in [4.78, 5) is 16.8. The third kappa shape index (κ3) is 4.17. The predicted octanol–water partition coefficient (Wildman–Crippen LogP) is 0.320. The monoisotopic (exact) mass is 363 g/mol. The zero-order chi connectivity index (χ0) is 18.5. The van der Waals surface area contributed by atoms with Crippen LogP contribution in [0.4, 0.5) is 0 Å². The molecule has 1 amide bonds. The molecule has 3 rings (SSSR count). The summed E-state index contributed by atoms with van der Waals surface area (Å²) in [6.07, 6.45) is 1.15. The minimum absolute atomic E-state index is 0.0957. The van der Waals surface area contributed by atoms with Crippen molar-refractivity contribution in [3.8, 4) is 5.75 Å². The second-order valence-corrected chi connectivity index (χ2v) is 6.93. The lowest BCUT2D eigenvalue weighted by atomic mass is 10.1. The smallest absolute Gasteiger partial charge is 0.254 e. The van der Waals surface area contributed by atoms with Crippen molar-refractivity contribution in [3.05, 3.63) is 29.8 Å². The fourth-order valence-electron chi connectivity index (χ4n) is 3.92. The van der Waals surface area contributed by atoms with E-state index in [0.717, 1.165) is 25.9 Å². The molecule has 1 saturated heterocycles. The number of likely N-dealkylation sites (N-methyl/N-ethyl adjacent to an activating group) is 1. The van der Waals surface area contributed by atoms with E-state index in [2.05, 4.69) is 4.90 Å². The van der Waals surface area contributed by atoms with Crippen molar-refractivity contribution < 1.29 is 19.4 Å². The maximum atomic E-state index is 12.9. The number of ether oxygens (including phenoxy) is 2. The first-order chi connectivity index (χ1) is 12.6. The van der Waals surface area contributed by atoms with Gasteiger partial charge >= 0.3 is 0 Å². The second kappa shape index (κ2) is 8.81. The highest BCUT2D eigenvalue weighted by Crippen LogP contribution is 2.29. The summed E-state index contributed by atoms with van der Waals surface area (Å²) in [7, 11) is 1.77. The maximum absolute atomic E-state index is 12.9. The van der Waals surface area contributed by atoms with E-state index in [4.69, 9.17) is 15.2 Å². The standard InChI is InChI=1S/C19H29N3O4/c1-21(19(24)14-3-2-4-15(13-14)26-10-7-20)16-5-6-17(18(16)23)22-8-11-25-12-9-22/h2-4,13,16-18,23H,5-12,20H2,1H3/t16-,17-,18-/m1/s1. The molecule has 3 atom stereocenters. The molecule has 0 radical (unpaired) electrons. The van der Waals surface area contributed by atoms with Crippen LogP contribution in [0.1, 0.15) is 23.2 Å². The Bertz CT molecular complexity index is 606. The number of hydrogen-bond acceptors (Lipinski definition) is 6. The van der Waals surface area contributed by atoms with E-state index in [-0.39, 0.29) is 18.0 Å². The molecule has 7 heteroatoms. The van der Waals surface area contributed by atoms with Gasteiger partial charge in [0.25, 0.3) is 5.91 Å². The fourth-order valence-corrected chi connectivity index (χ4v) is 3.92. The summed E-state index contributed by atoms with van der Waals surface area (Å²) >= 11 is 0. The van der Waals surface area contributed by atoms with Crippen LogP contribution in [0.3, 0.4) is 0 Å². The van der Waals surface area contributed by atoms with Crippen LogP contribution in [0.2, 0.25) is 0 Å². The lowest BCUT2D eigenvalue weighted by Gasteiger charge is -2.36. The van der Waals surface area contributed by atoms with E-state index in [1.165, 1.54) is 0 Å². The normalized spacial score (nSPS) is 26.7. The first kappa shape index (κ1) is 19.1. The lowest BCUT2D eigenvalue weighted by molar-refractivity contribution is -0.0231. The van der Waals surface area contributed by atoms with E-state index in [0.29, 0.717) is 37.7 Å². The van der Waals surface area contributed by atoms with Crippen molar-refractivity contribution in [1.82, 2.24) is 9.80 Å². The Morgan fingerprint density at radius 1 is 1.38 bits per heavy atom. The highest BCUT2D eigenvalue weighted by molar-refractivity contribution is 5.94. The van der Waals surface area contributed by atoms with Gasteiger partial charge in [0.05, 0.1) is 25.4 Å². The number of aliphatic hydroxyl groups is 1. The van der Waals surface area contributed by atoms with Crippen LogP contribution in [0.25, 0.3) is 0 Å². The Balaban J connectivity index is 1.65. The Morgan fingerprint density at radius 2 is 2.15 bits per heavy atom. The number of benzene rings is 1. The molecule has 3 N–H and O–H groups in total. The Labute approximate surface area is 154 Å². The third-order valence-corrected chi connectivity index (χ3v) is 5.35.